The summed E-state index contributed by atoms with van der Waals surface area (Å²) in [5.74, 6) is 0.746. The van der Waals surface area contributed by atoms with Crippen LogP contribution in [0.1, 0.15) is 35.7 Å². The van der Waals surface area contributed by atoms with Gasteiger partial charge >= 0.3 is 6.18 Å². The molecular formula is C18H16F3N3O. The van der Waals surface area contributed by atoms with E-state index in [1.807, 2.05) is 0 Å². The summed E-state index contributed by atoms with van der Waals surface area (Å²) in [5, 5.41) is 4.63. The molecule has 1 aromatic carbocycles. The average Bonchev–Trinajstić information content (AvgIpc) is 3.35. The van der Waals surface area contributed by atoms with E-state index in [0.29, 0.717) is 22.8 Å². The van der Waals surface area contributed by atoms with Crippen LogP contribution in [0.25, 0.3) is 16.7 Å². The first-order valence-corrected chi connectivity index (χ1v) is 8.00. The van der Waals surface area contributed by atoms with E-state index in [2.05, 4.69) is 10.1 Å². The Bertz CT molecular complexity index is 941. The Hall–Kier alpha value is -2.57. The third kappa shape index (κ3) is 2.73. The van der Waals surface area contributed by atoms with Crippen molar-refractivity contribution < 1.29 is 17.9 Å². The predicted molar refractivity (Wildman–Crippen MR) is 87.1 cm³/mol. The highest BCUT2D eigenvalue weighted by Crippen LogP contribution is 2.46. The molecule has 0 bridgehead atoms. The number of pyridine rings is 1. The van der Waals surface area contributed by atoms with E-state index < -0.39 is 11.7 Å². The van der Waals surface area contributed by atoms with Crippen molar-refractivity contribution in [1.82, 2.24) is 14.8 Å². The van der Waals surface area contributed by atoms with Gasteiger partial charge in [-0.3, -0.25) is 0 Å². The normalized spacial score (nSPS) is 14.9. The topological polar surface area (TPSA) is 39.9 Å². The van der Waals surface area contributed by atoms with Crippen molar-refractivity contribution in [3.63, 3.8) is 0 Å². The molecular weight excluding hydrogens is 331 g/mol. The summed E-state index contributed by atoms with van der Waals surface area (Å²) in [6.45, 7) is 1.57. The number of benzene rings is 1. The highest BCUT2D eigenvalue weighted by molar-refractivity contribution is 5.85. The van der Waals surface area contributed by atoms with Crippen LogP contribution in [0.3, 0.4) is 0 Å². The van der Waals surface area contributed by atoms with Gasteiger partial charge in [-0.05, 0) is 50.1 Å². The summed E-state index contributed by atoms with van der Waals surface area (Å²) in [4.78, 5) is 4.37. The predicted octanol–water partition coefficient (Wildman–Crippen LogP) is 4.63. The molecule has 0 atom stereocenters. The van der Waals surface area contributed by atoms with Crippen molar-refractivity contribution in [2.24, 2.45) is 0 Å². The highest BCUT2D eigenvalue weighted by Gasteiger charge is 2.39. The maximum absolute atomic E-state index is 13.6. The second kappa shape index (κ2) is 5.47. The monoisotopic (exact) mass is 347 g/mol. The molecule has 0 aliphatic heterocycles. The van der Waals surface area contributed by atoms with Crippen LogP contribution in [0.5, 0.6) is 5.75 Å². The summed E-state index contributed by atoms with van der Waals surface area (Å²) in [6.07, 6.45) is -2.72. The van der Waals surface area contributed by atoms with Gasteiger partial charge in [0.2, 0.25) is 0 Å². The molecule has 0 spiro atoms. The first-order chi connectivity index (χ1) is 11.9. The zero-order chi connectivity index (χ0) is 17.8. The van der Waals surface area contributed by atoms with Crippen LogP contribution in [-0.4, -0.2) is 21.9 Å². The Morgan fingerprint density at radius 1 is 1.16 bits per heavy atom. The van der Waals surface area contributed by atoms with Gasteiger partial charge in [0.15, 0.2) is 5.65 Å². The number of rotatable bonds is 3. The fourth-order valence-electron chi connectivity index (χ4n) is 3.04. The summed E-state index contributed by atoms with van der Waals surface area (Å²) >= 11 is 0. The Morgan fingerprint density at radius 2 is 1.84 bits per heavy atom. The second-order valence-corrected chi connectivity index (χ2v) is 6.28. The van der Waals surface area contributed by atoms with E-state index in [1.54, 1.807) is 38.3 Å². The summed E-state index contributed by atoms with van der Waals surface area (Å²) in [5.41, 5.74) is 1.06. The Balaban J connectivity index is 2.00. The zero-order valence-electron chi connectivity index (χ0n) is 13.8. The molecule has 7 heteroatoms. The van der Waals surface area contributed by atoms with Crippen molar-refractivity contribution in [2.75, 3.05) is 7.11 Å². The maximum Gasteiger partial charge on any atom is 0.417 e. The van der Waals surface area contributed by atoms with E-state index in [4.69, 9.17) is 4.74 Å². The third-order valence-corrected chi connectivity index (χ3v) is 4.38. The van der Waals surface area contributed by atoms with Crippen molar-refractivity contribution in [3.05, 3.63) is 47.3 Å². The summed E-state index contributed by atoms with van der Waals surface area (Å²) < 4.78 is 47.4. The van der Waals surface area contributed by atoms with Gasteiger partial charge < -0.3 is 4.74 Å². The molecule has 0 saturated heterocycles. The maximum atomic E-state index is 13.6. The van der Waals surface area contributed by atoms with Crippen LogP contribution in [0.15, 0.2) is 30.3 Å². The highest BCUT2D eigenvalue weighted by atomic mass is 19.4. The molecule has 1 fully saturated rings. The minimum atomic E-state index is -4.44. The fraction of sp³-hybridized carbons (Fsp3) is 0.333. The molecule has 1 saturated carbocycles. The first-order valence-electron chi connectivity index (χ1n) is 8.00. The van der Waals surface area contributed by atoms with Crippen molar-refractivity contribution in [3.8, 4) is 11.4 Å². The van der Waals surface area contributed by atoms with E-state index in [-0.39, 0.29) is 17.0 Å². The van der Waals surface area contributed by atoms with Crippen LogP contribution >= 0.6 is 0 Å². The van der Waals surface area contributed by atoms with Gasteiger partial charge in [0.05, 0.1) is 29.4 Å². The number of hydrogen-bond donors (Lipinski definition) is 0. The Kier molecular flexibility index (Phi) is 3.49. The molecule has 25 heavy (non-hydrogen) atoms. The average molecular weight is 347 g/mol. The molecule has 1 aliphatic rings. The molecule has 4 rings (SSSR count). The number of aromatic nitrogens is 3. The van der Waals surface area contributed by atoms with Crippen molar-refractivity contribution in [1.29, 1.82) is 0 Å². The quantitative estimate of drug-likeness (QED) is 0.693. The van der Waals surface area contributed by atoms with Gasteiger partial charge in [-0.1, -0.05) is 0 Å². The Morgan fingerprint density at radius 3 is 2.40 bits per heavy atom. The fourth-order valence-corrected chi connectivity index (χ4v) is 3.04. The molecule has 3 aromatic rings. The molecule has 0 unspecified atom stereocenters. The van der Waals surface area contributed by atoms with Gasteiger partial charge in [-0.15, -0.1) is 0 Å². The van der Waals surface area contributed by atoms with E-state index in [9.17, 15) is 13.2 Å². The lowest BCUT2D eigenvalue weighted by Crippen LogP contribution is -2.08. The smallest absolute Gasteiger partial charge is 0.417 e. The lowest BCUT2D eigenvalue weighted by molar-refractivity contribution is -0.136. The SMILES string of the molecule is COc1ccc(-n2nc(C3CC3)c3c(C(F)(F)F)cc(C)nc32)cc1. The number of alkyl halides is 3. The van der Waals surface area contributed by atoms with E-state index in [0.717, 1.165) is 18.9 Å². The molecule has 0 radical (unpaired) electrons. The minimum absolute atomic E-state index is 0.0765. The van der Waals surface area contributed by atoms with E-state index >= 15 is 0 Å². The largest absolute Gasteiger partial charge is 0.497 e. The number of hydrogen-bond acceptors (Lipinski definition) is 3. The molecule has 2 heterocycles. The number of ether oxygens (including phenoxy) is 1. The number of fused-ring (bicyclic) bond motifs is 1. The van der Waals surface area contributed by atoms with Gasteiger partial charge in [-0.2, -0.15) is 18.3 Å². The van der Waals surface area contributed by atoms with Gasteiger partial charge in [0, 0.05) is 11.6 Å². The Labute approximate surface area is 142 Å². The van der Waals surface area contributed by atoms with Crippen LogP contribution in [-0.2, 0) is 6.18 Å². The van der Waals surface area contributed by atoms with Gasteiger partial charge in [0.25, 0.3) is 0 Å². The number of nitrogens with zero attached hydrogens (tertiary/aromatic N) is 3. The molecule has 4 nitrogen and oxygen atoms in total. The lowest BCUT2D eigenvalue weighted by atomic mass is 10.1. The third-order valence-electron chi connectivity index (χ3n) is 4.38. The zero-order valence-corrected chi connectivity index (χ0v) is 13.8. The standard InChI is InChI=1S/C18H16F3N3O/c1-10-9-14(18(19,20)21)15-16(11-3-4-11)23-24(17(15)22-10)12-5-7-13(25-2)8-6-12/h5-9,11H,3-4H2,1-2H3. The van der Waals surface area contributed by atoms with Crippen LogP contribution in [0.2, 0.25) is 0 Å². The molecule has 1 aliphatic carbocycles. The van der Waals surface area contributed by atoms with Crippen molar-refractivity contribution in [2.45, 2.75) is 31.9 Å². The van der Waals surface area contributed by atoms with Crippen LogP contribution in [0, 0.1) is 6.92 Å². The summed E-state index contributed by atoms with van der Waals surface area (Å²) in [6, 6.07) is 8.13. The van der Waals surface area contributed by atoms with Crippen molar-refractivity contribution >= 4 is 11.0 Å². The number of halogens is 3. The van der Waals surface area contributed by atoms with Gasteiger partial charge in [0.1, 0.15) is 5.75 Å². The molecule has 2 aromatic heterocycles. The molecule has 130 valence electrons. The molecule has 0 N–H and O–H groups in total. The van der Waals surface area contributed by atoms with Crippen LogP contribution < -0.4 is 4.74 Å². The minimum Gasteiger partial charge on any atom is -0.497 e. The number of aryl methyl sites for hydroxylation is 1. The second-order valence-electron chi connectivity index (χ2n) is 6.28. The summed E-state index contributed by atoms with van der Waals surface area (Å²) in [7, 11) is 1.56. The van der Waals surface area contributed by atoms with Crippen LogP contribution in [0.4, 0.5) is 13.2 Å². The number of methoxy groups -OCH3 is 1. The van der Waals surface area contributed by atoms with E-state index in [1.165, 1.54) is 4.68 Å². The molecule has 0 amide bonds. The van der Waals surface area contributed by atoms with Gasteiger partial charge in [-0.25, -0.2) is 9.67 Å². The lowest BCUT2D eigenvalue weighted by Gasteiger charge is -2.10. The first kappa shape index (κ1) is 15.9.